The molecule has 2 rings (SSSR count). The molecule has 2 atom stereocenters. The Morgan fingerprint density at radius 3 is 2.67 bits per heavy atom. The lowest BCUT2D eigenvalue weighted by atomic mass is 9.96. The maximum Gasteiger partial charge on any atom is 0.179 e. The van der Waals surface area contributed by atoms with Crippen molar-refractivity contribution in [1.82, 2.24) is 4.90 Å². The Labute approximate surface area is 127 Å². The minimum Gasteiger partial charge on any atom is -0.392 e. The summed E-state index contributed by atoms with van der Waals surface area (Å²) in [5.41, 5.74) is 0. The largest absolute Gasteiger partial charge is 0.392 e. The third-order valence-electron chi connectivity index (χ3n) is 4.28. The fourth-order valence-electron chi connectivity index (χ4n) is 2.99. The zero-order valence-electron chi connectivity index (χ0n) is 12.6. The van der Waals surface area contributed by atoms with Crippen LogP contribution in [0.25, 0.3) is 0 Å². The SMILES string of the molecule is CC[C@@H](O)[C@@H]1CCCCN1CCS(=O)(=O)c1ccccc1. The Morgan fingerprint density at radius 2 is 2.00 bits per heavy atom. The van der Waals surface area contributed by atoms with Gasteiger partial charge in [-0.1, -0.05) is 31.5 Å². The molecule has 118 valence electrons. The van der Waals surface area contributed by atoms with Crippen molar-refractivity contribution in [3.63, 3.8) is 0 Å². The molecule has 1 fully saturated rings. The highest BCUT2D eigenvalue weighted by molar-refractivity contribution is 7.91. The Kier molecular flexibility index (Phi) is 5.79. The lowest BCUT2D eigenvalue weighted by molar-refractivity contribution is 0.0275. The third-order valence-corrected chi connectivity index (χ3v) is 5.99. The van der Waals surface area contributed by atoms with Crippen molar-refractivity contribution in [2.24, 2.45) is 0 Å². The molecule has 0 amide bonds. The van der Waals surface area contributed by atoms with E-state index in [1.54, 1.807) is 24.3 Å². The van der Waals surface area contributed by atoms with Crippen molar-refractivity contribution < 1.29 is 13.5 Å². The molecule has 1 heterocycles. The number of benzene rings is 1. The highest BCUT2D eigenvalue weighted by atomic mass is 32.2. The summed E-state index contributed by atoms with van der Waals surface area (Å²) in [7, 11) is -3.24. The monoisotopic (exact) mass is 311 g/mol. The lowest BCUT2D eigenvalue weighted by Gasteiger charge is -2.38. The van der Waals surface area contributed by atoms with Gasteiger partial charge in [0.2, 0.25) is 0 Å². The van der Waals surface area contributed by atoms with Gasteiger partial charge >= 0.3 is 0 Å². The summed E-state index contributed by atoms with van der Waals surface area (Å²) < 4.78 is 24.7. The van der Waals surface area contributed by atoms with Crippen LogP contribution in [0.15, 0.2) is 35.2 Å². The van der Waals surface area contributed by atoms with Gasteiger partial charge in [0.15, 0.2) is 9.84 Å². The predicted molar refractivity (Wildman–Crippen MR) is 84.0 cm³/mol. The van der Waals surface area contributed by atoms with E-state index in [-0.39, 0.29) is 17.9 Å². The van der Waals surface area contributed by atoms with E-state index in [0.29, 0.717) is 17.9 Å². The predicted octanol–water partition coefficient (Wildman–Crippen LogP) is 2.09. The van der Waals surface area contributed by atoms with E-state index in [0.717, 1.165) is 25.8 Å². The van der Waals surface area contributed by atoms with Crippen molar-refractivity contribution >= 4 is 9.84 Å². The molecule has 0 aromatic heterocycles. The highest BCUT2D eigenvalue weighted by Crippen LogP contribution is 2.22. The van der Waals surface area contributed by atoms with E-state index < -0.39 is 9.84 Å². The number of hydrogen-bond acceptors (Lipinski definition) is 4. The average molecular weight is 311 g/mol. The summed E-state index contributed by atoms with van der Waals surface area (Å²) in [5, 5.41) is 10.1. The second kappa shape index (κ2) is 7.38. The van der Waals surface area contributed by atoms with E-state index >= 15 is 0 Å². The first-order chi connectivity index (χ1) is 10.0. The number of aliphatic hydroxyl groups excluding tert-OH is 1. The van der Waals surface area contributed by atoms with Crippen LogP contribution in [0.2, 0.25) is 0 Å². The van der Waals surface area contributed by atoms with Crippen molar-refractivity contribution in [2.75, 3.05) is 18.8 Å². The lowest BCUT2D eigenvalue weighted by Crippen LogP contribution is -2.48. The van der Waals surface area contributed by atoms with Crippen LogP contribution in [0, 0.1) is 0 Å². The van der Waals surface area contributed by atoms with Gasteiger partial charge < -0.3 is 5.11 Å². The van der Waals surface area contributed by atoms with Crippen LogP contribution in [0.1, 0.15) is 32.6 Å². The Morgan fingerprint density at radius 1 is 1.29 bits per heavy atom. The summed E-state index contributed by atoms with van der Waals surface area (Å²) in [4.78, 5) is 2.53. The van der Waals surface area contributed by atoms with Crippen molar-refractivity contribution in [1.29, 1.82) is 0 Å². The molecule has 1 aliphatic heterocycles. The number of hydrogen-bond donors (Lipinski definition) is 1. The Bertz CT molecular complexity index is 530. The number of aliphatic hydroxyl groups is 1. The minimum atomic E-state index is -3.24. The molecule has 0 radical (unpaired) electrons. The molecule has 1 aromatic rings. The molecular formula is C16H25NO3S. The van der Waals surface area contributed by atoms with E-state index in [9.17, 15) is 13.5 Å². The minimum absolute atomic E-state index is 0.106. The number of nitrogens with zero attached hydrogens (tertiary/aromatic N) is 1. The molecule has 4 nitrogen and oxygen atoms in total. The molecule has 0 aliphatic carbocycles. The van der Waals surface area contributed by atoms with Gasteiger partial charge in [0.1, 0.15) is 0 Å². The van der Waals surface area contributed by atoms with Gasteiger partial charge in [-0.3, -0.25) is 4.90 Å². The quantitative estimate of drug-likeness (QED) is 0.874. The second-order valence-corrected chi connectivity index (χ2v) is 7.82. The first-order valence-corrected chi connectivity index (χ1v) is 9.39. The van der Waals surface area contributed by atoms with E-state index in [2.05, 4.69) is 4.90 Å². The summed E-state index contributed by atoms with van der Waals surface area (Å²) in [6, 6.07) is 8.70. The topological polar surface area (TPSA) is 57.6 Å². The number of likely N-dealkylation sites (tertiary alicyclic amines) is 1. The summed E-state index contributed by atoms with van der Waals surface area (Å²) in [6.07, 6.45) is 3.51. The molecule has 0 bridgehead atoms. The summed E-state index contributed by atoms with van der Waals surface area (Å²) in [6.45, 7) is 3.35. The molecular weight excluding hydrogens is 286 g/mol. The zero-order valence-corrected chi connectivity index (χ0v) is 13.4. The smallest absolute Gasteiger partial charge is 0.179 e. The Hall–Kier alpha value is -0.910. The van der Waals surface area contributed by atoms with Crippen LogP contribution in [-0.4, -0.2) is 49.4 Å². The van der Waals surface area contributed by atoms with Gasteiger partial charge in [-0.05, 0) is 37.9 Å². The third kappa shape index (κ3) is 4.28. The number of piperidine rings is 1. The van der Waals surface area contributed by atoms with Crippen LogP contribution in [0.3, 0.4) is 0 Å². The second-order valence-electron chi connectivity index (χ2n) is 5.71. The molecule has 0 unspecified atom stereocenters. The maximum absolute atomic E-state index is 12.3. The maximum atomic E-state index is 12.3. The van der Waals surface area contributed by atoms with Crippen molar-refractivity contribution in [3.05, 3.63) is 30.3 Å². The molecule has 21 heavy (non-hydrogen) atoms. The molecule has 0 spiro atoms. The van der Waals surface area contributed by atoms with Crippen LogP contribution >= 0.6 is 0 Å². The molecule has 0 saturated carbocycles. The van der Waals surface area contributed by atoms with Crippen LogP contribution in [0.4, 0.5) is 0 Å². The fourth-order valence-corrected chi connectivity index (χ4v) is 4.27. The molecule has 1 saturated heterocycles. The molecule has 1 aromatic carbocycles. The molecule has 1 aliphatic rings. The van der Waals surface area contributed by atoms with E-state index in [1.165, 1.54) is 0 Å². The molecule has 5 heteroatoms. The van der Waals surface area contributed by atoms with E-state index in [4.69, 9.17) is 0 Å². The number of sulfone groups is 1. The standard InChI is InChI=1S/C16H25NO3S/c1-2-16(18)15-10-6-7-11-17(15)12-13-21(19,20)14-8-4-3-5-9-14/h3-5,8-9,15-16,18H,2,6-7,10-13H2,1H3/t15-,16+/m0/s1. The normalized spacial score (nSPS) is 22.1. The van der Waals surface area contributed by atoms with Crippen LogP contribution in [-0.2, 0) is 9.84 Å². The van der Waals surface area contributed by atoms with Gasteiger partial charge in [0.05, 0.1) is 16.8 Å². The zero-order chi connectivity index (χ0) is 15.3. The van der Waals surface area contributed by atoms with Crippen molar-refractivity contribution in [2.45, 2.75) is 49.6 Å². The number of rotatable bonds is 6. The van der Waals surface area contributed by atoms with Crippen molar-refractivity contribution in [3.8, 4) is 0 Å². The van der Waals surface area contributed by atoms with Gasteiger partial charge in [-0.15, -0.1) is 0 Å². The molecule has 1 N–H and O–H groups in total. The van der Waals surface area contributed by atoms with Gasteiger partial charge in [0.25, 0.3) is 0 Å². The summed E-state index contributed by atoms with van der Waals surface area (Å²) in [5.74, 6) is 0.115. The first kappa shape index (κ1) is 16.5. The van der Waals surface area contributed by atoms with Crippen LogP contribution < -0.4 is 0 Å². The van der Waals surface area contributed by atoms with Gasteiger partial charge in [-0.25, -0.2) is 8.42 Å². The van der Waals surface area contributed by atoms with Gasteiger partial charge in [-0.2, -0.15) is 0 Å². The fraction of sp³-hybridized carbons (Fsp3) is 0.625. The first-order valence-electron chi connectivity index (χ1n) is 7.74. The van der Waals surface area contributed by atoms with E-state index in [1.807, 2.05) is 13.0 Å². The Balaban J connectivity index is 2.00. The van der Waals surface area contributed by atoms with Crippen LogP contribution in [0.5, 0.6) is 0 Å². The summed E-state index contributed by atoms with van der Waals surface area (Å²) >= 11 is 0. The highest BCUT2D eigenvalue weighted by Gasteiger charge is 2.28. The average Bonchev–Trinajstić information content (AvgIpc) is 2.53. The van der Waals surface area contributed by atoms with Gasteiger partial charge in [0, 0.05) is 12.6 Å².